The summed E-state index contributed by atoms with van der Waals surface area (Å²) < 4.78 is 0. The first kappa shape index (κ1) is 15.5. The zero-order chi connectivity index (χ0) is 17.2. The number of H-pyrrole nitrogens is 2. The Morgan fingerprint density at radius 3 is 2.80 bits per heavy atom. The van der Waals surface area contributed by atoms with Crippen LogP contribution in [0.3, 0.4) is 0 Å². The second-order valence-electron chi connectivity index (χ2n) is 6.09. The zero-order valence-corrected chi connectivity index (χ0v) is 13.5. The number of benzene rings is 1. The van der Waals surface area contributed by atoms with Crippen molar-refractivity contribution in [3.05, 3.63) is 80.4 Å². The Hall–Kier alpha value is -3.06. The van der Waals surface area contributed by atoms with Gasteiger partial charge in [0.1, 0.15) is 0 Å². The first-order valence-electron chi connectivity index (χ1n) is 8.12. The highest BCUT2D eigenvalue weighted by Crippen LogP contribution is 2.21. The minimum absolute atomic E-state index is 0.342. The highest BCUT2D eigenvalue weighted by atomic mass is 16.2. The first-order valence-corrected chi connectivity index (χ1v) is 8.12. The fourth-order valence-electron chi connectivity index (χ4n) is 3.03. The number of aromatic amines is 2. The minimum atomic E-state index is -0.486. The van der Waals surface area contributed by atoms with Crippen LogP contribution in [0.4, 0.5) is 0 Å². The molecule has 1 aliphatic heterocycles. The van der Waals surface area contributed by atoms with Gasteiger partial charge in [0.15, 0.2) is 5.82 Å². The molecule has 1 aliphatic rings. The van der Waals surface area contributed by atoms with E-state index in [1.54, 1.807) is 0 Å². The summed E-state index contributed by atoms with van der Waals surface area (Å²) in [6.45, 7) is 1.96. The van der Waals surface area contributed by atoms with Gasteiger partial charge in [-0.25, -0.2) is 14.8 Å². The van der Waals surface area contributed by atoms with E-state index in [1.165, 1.54) is 6.20 Å². The van der Waals surface area contributed by atoms with Crippen molar-refractivity contribution in [2.45, 2.75) is 19.5 Å². The number of nitrogens with zero attached hydrogens (tertiary/aromatic N) is 3. The number of fused-ring (bicyclic) bond motifs is 1. The van der Waals surface area contributed by atoms with Crippen molar-refractivity contribution in [3.8, 4) is 11.4 Å². The second-order valence-corrected chi connectivity index (χ2v) is 6.09. The molecule has 0 bridgehead atoms. The SMILES string of the molecule is O=c1[nH]cc(CN2CCc3nc(-c4ccccc4)ncc3C2)c(=O)[nH]1. The maximum atomic E-state index is 11.8. The van der Waals surface area contributed by atoms with Gasteiger partial charge in [-0.2, -0.15) is 0 Å². The van der Waals surface area contributed by atoms with Gasteiger partial charge < -0.3 is 4.98 Å². The zero-order valence-electron chi connectivity index (χ0n) is 13.5. The van der Waals surface area contributed by atoms with Gasteiger partial charge in [0.2, 0.25) is 0 Å². The predicted molar refractivity (Wildman–Crippen MR) is 93.0 cm³/mol. The lowest BCUT2D eigenvalue weighted by Crippen LogP contribution is -2.34. The van der Waals surface area contributed by atoms with Gasteiger partial charge in [-0.05, 0) is 0 Å². The third-order valence-electron chi connectivity index (χ3n) is 4.34. The van der Waals surface area contributed by atoms with Gasteiger partial charge in [-0.15, -0.1) is 0 Å². The summed E-state index contributed by atoms with van der Waals surface area (Å²) in [4.78, 5) is 39.0. The van der Waals surface area contributed by atoms with Crippen LogP contribution in [0.2, 0.25) is 0 Å². The fraction of sp³-hybridized carbons (Fsp3) is 0.222. The van der Waals surface area contributed by atoms with Crippen LogP contribution in [-0.4, -0.2) is 31.4 Å². The molecule has 0 amide bonds. The summed E-state index contributed by atoms with van der Waals surface area (Å²) >= 11 is 0. The van der Waals surface area contributed by atoms with E-state index in [4.69, 9.17) is 4.98 Å². The number of aromatic nitrogens is 4. The van der Waals surface area contributed by atoms with Crippen molar-refractivity contribution in [1.82, 2.24) is 24.8 Å². The van der Waals surface area contributed by atoms with Crippen molar-refractivity contribution >= 4 is 0 Å². The van der Waals surface area contributed by atoms with Gasteiger partial charge in [-0.1, -0.05) is 30.3 Å². The summed E-state index contributed by atoms with van der Waals surface area (Å²) in [6.07, 6.45) is 4.15. The molecule has 25 heavy (non-hydrogen) atoms. The van der Waals surface area contributed by atoms with Crippen LogP contribution in [-0.2, 0) is 19.5 Å². The summed E-state index contributed by atoms with van der Waals surface area (Å²) in [5, 5.41) is 0. The number of nitrogens with one attached hydrogen (secondary N) is 2. The predicted octanol–water partition coefficient (Wildman–Crippen LogP) is 1.08. The molecule has 0 saturated carbocycles. The number of rotatable bonds is 3. The fourth-order valence-corrected chi connectivity index (χ4v) is 3.03. The third-order valence-corrected chi connectivity index (χ3v) is 4.34. The monoisotopic (exact) mass is 335 g/mol. The van der Waals surface area contributed by atoms with Crippen LogP contribution in [0.5, 0.6) is 0 Å². The number of hydrogen-bond acceptors (Lipinski definition) is 5. The van der Waals surface area contributed by atoms with E-state index in [0.717, 1.165) is 35.6 Å². The summed E-state index contributed by atoms with van der Waals surface area (Å²) in [5.41, 5.74) is 2.86. The molecule has 4 rings (SSSR count). The average molecular weight is 335 g/mol. The van der Waals surface area contributed by atoms with Gasteiger partial charge in [0, 0.05) is 55.1 Å². The van der Waals surface area contributed by atoms with Crippen molar-refractivity contribution in [3.63, 3.8) is 0 Å². The molecule has 0 unspecified atom stereocenters. The van der Waals surface area contributed by atoms with Crippen LogP contribution >= 0.6 is 0 Å². The molecule has 7 heteroatoms. The smallest absolute Gasteiger partial charge is 0.314 e. The minimum Gasteiger partial charge on any atom is -0.314 e. The Bertz CT molecular complexity index is 1010. The van der Waals surface area contributed by atoms with E-state index in [0.29, 0.717) is 18.7 Å². The Kier molecular flexibility index (Phi) is 3.99. The van der Waals surface area contributed by atoms with E-state index in [2.05, 4.69) is 19.9 Å². The van der Waals surface area contributed by atoms with Gasteiger partial charge in [0.05, 0.1) is 5.69 Å². The summed E-state index contributed by atoms with van der Waals surface area (Å²) in [6, 6.07) is 9.92. The van der Waals surface area contributed by atoms with Crippen LogP contribution in [0.15, 0.2) is 52.3 Å². The van der Waals surface area contributed by atoms with Crippen molar-refractivity contribution in [2.24, 2.45) is 0 Å². The normalized spacial score (nSPS) is 14.2. The van der Waals surface area contributed by atoms with Gasteiger partial charge in [-0.3, -0.25) is 14.7 Å². The molecule has 3 aromatic rings. The lowest BCUT2D eigenvalue weighted by molar-refractivity contribution is 0.241. The molecule has 1 aromatic carbocycles. The quantitative estimate of drug-likeness (QED) is 0.747. The molecule has 2 aromatic heterocycles. The molecule has 126 valence electrons. The summed E-state index contributed by atoms with van der Waals surface area (Å²) in [7, 11) is 0. The van der Waals surface area contributed by atoms with E-state index < -0.39 is 5.69 Å². The second kappa shape index (κ2) is 6.45. The number of hydrogen-bond donors (Lipinski definition) is 2. The molecule has 3 heterocycles. The largest absolute Gasteiger partial charge is 0.325 e. The standard InChI is InChI=1S/C18H17N5O2/c24-17-14(9-20-18(25)22-17)11-23-7-6-15-13(10-23)8-19-16(21-15)12-4-2-1-3-5-12/h1-5,8-9H,6-7,10-11H2,(H2,20,22,24,25). The molecule has 7 nitrogen and oxygen atoms in total. The van der Waals surface area contributed by atoms with Gasteiger partial charge in [0.25, 0.3) is 5.56 Å². The topological polar surface area (TPSA) is 94.7 Å². The molecule has 0 aliphatic carbocycles. The molecule has 0 atom stereocenters. The van der Waals surface area contributed by atoms with Crippen molar-refractivity contribution < 1.29 is 0 Å². The maximum Gasteiger partial charge on any atom is 0.325 e. The van der Waals surface area contributed by atoms with E-state index in [9.17, 15) is 9.59 Å². The Morgan fingerprint density at radius 2 is 2.00 bits per heavy atom. The molecule has 0 spiro atoms. The van der Waals surface area contributed by atoms with E-state index in [-0.39, 0.29) is 5.56 Å². The molecule has 0 saturated heterocycles. The lowest BCUT2D eigenvalue weighted by Gasteiger charge is -2.27. The molecule has 0 fully saturated rings. The molecule has 0 radical (unpaired) electrons. The highest BCUT2D eigenvalue weighted by Gasteiger charge is 2.19. The van der Waals surface area contributed by atoms with Crippen LogP contribution in [0.25, 0.3) is 11.4 Å². The molecular formula is C18H17N5O2. The van der Waals surface area contributed by atoms with Crippen molar-refractivity contribution in [2.75, 3.05) is 6.54 Å². The van der Waals surface area contributed by atoms with E-state index in [1.807, 2.05) is 36.5 Å². The summed E-state index contributed by atoms with van der Waals surface area (Å²) in [5.74, 6) is 0.741. The highest BCUT2D eigenvalue weighted by molar-refractivity contribution is 5.54. The van der Waals surface area contributed by atoms with Crippen LogP contribution < -0.4 is 11.2 Å². The van der Waals surface area contributed by atoms with Crippen molar-refractivity contribution in [1.29, 1.82) is 0 Å². The van der Waals surface area contributed by atoms with Gasteiger partial charge >= 0.3 is 5.69 Å². The van der Waals surface area contributed by atoms with Crippen LogP contribution in [0, 0.1) is 0 Å². The molecular weight excluding hydrogens is 318 g/mol. The average Bonchev–Trinajstić information content (AvgIpc) is 2.64. The Labute approximate surface area is 143 Å². The van der Waals surface area contributed by atoms with Crippen LogP contribution in [0.1, 0.15) is 16.8 Å². The third kappa shape index (κ3) is 3.27. The first-order chi connectivity index (χ1) is 12.2. The maximum absolute atomic E-state index is 11.8. The Morgan fingerprint density at radius 1 is 1.16 bits per heavy atom. The lowest BCUT2D eigenvalue weighted by atomic mass is 10.1. The van der Waals surface area contributed by atoms with E-state index >= 15 is 0 Å². The Balaban J connectivity index is 1.54. The molecule has 2 N–H and O–H groups in total.